The SMILES string of the molecule is CCCC(N)c1ccn(CC(=O)NCCOC)c1. The summed E-state index contributed by atoms with van der Waals surface area (Å²) < 4.78 is 6.72. The van der Waals surface area contributed by atoms with E-state index in [1.54, 1.807) is 7.11 Å². The van der Waals surface area contributed by atoms with Crippen molar-refractivity contribution in [1.82, 2.24) is 9.88 Å². The Hall–Kier alpha value is -1.33. The Labute approximate surface area is 108 Å². The van der Waals surface area contributed by atoms with Gasteiger partial charge in [-0.15, -0.1) is 0 Å². The first-order valence-electron chi connectivity index (χ1n) is 6.34. The van der Waals surface area contributed by atoms with Gasteiger partial charge in [0, 0.05) is 32.1 Å². The van der Waals surface area contributed by atoms with Crippen LogP contribution in [0.15, 0.2) is 18.5 Å². The van der Waals surface area contributed by atoms with Crippen LogP contribution in [0.5, 0.6) is 0 Å². The second-order valence-electron chi connectivity index (χ2n) is 4.36. The minimum atomic E-state index is -0.0155. The Morgan fingerprint density at radius 1 is 1.61 bits per heavy atom. The third-order valence-corrected chi connectivity index (χ3v) is 2.76. The third kappa shape index (κ3) is 4.89. The molecular formula is C13H23N3O2. The summed E-state index contributed by atoms with van der Waals surface area (Å²) in [4.78, 5) is 11.6. The van der Waals surface area contributed by atoms with E-state index in [9.17, 15) is 4.79 Å². The maximum absolute atomic E-state index is 11.6. The van der Waals surface area contributed by atoms with Gasteiger partial charge in [0.25, 0.3) is 0 Å². The van der Waals surface area contributed by atoms with Crippen molar-refractivity contribution in [3.05, 3.63) is 24.0 Å². The quantitative estimate of drug-likeness (QED) is 0.680. The van der Waals surface area contributed by atoms with Crippen molar-refractivity contribution in [1.29, 1.82) is 0 Å². The Balaban J connectivity index is 2.41. The molecule has 0 aromatic carbocycles. The molecule has 0 aliphatic rings. The Bertz CT molecular complexity index is 363. The number of ether oxygens (including phenoxy) is 1. The van der Waals surface area contributed by atoms with E-state index < -0.39 is 0 Å². The molecule has 1 heterocycles. The van der Waals surface area contributed by atoms with Gasteiger partial charge in [0.05, 0.1) is 6.61 Å². The molecule has 3 N–H and O–H groups in total. The smallest absolute Gasteiger partial charge is 0.239 e. The van der Waals surface area contributed by atoms with Gasteiger partial charge in [-0.1, -0.05) is 13.3 Å². The maximum Gasteiger partial charge on any atom is 0.239 e. The van der Waals surface area contributed by atoms with E-state index in [1.165, 1.54) is 0 Å². The summed E-state index contributed by atoms with van der Waals surface area (Å²) in [6.45, 7) is 3.51. The molecule has 5 nitrogen and oxygen atoms in total. The molecule has 0 bridgehead atoms. The monoisotopic (exact) mass is 253 g/mol. The van der Waals surface area contributed by atoms with Crippen molar-refractivity contribution in [2.45, 2.75) is 32.4 Å². The second kappa shape index (κ2) is 7.89. The summed E-state index contributed by atoms with van der Waals surface area (Å²) in [7, 11) is 1.61. The van der Waals surface area contributed by atoms with Crippen LogP contribution in [0, 0.1) is 0 Å². The standard InChI is InChI=1S/C13H23N3O2/c1-3-4-12(14)11-5-7-16(9-11)10-13(17)15-6-8-18-2/h5,7,9,12H,3-4,6,8,10,14H2,1-2H3,(H,15,17). The first-order valence-corrected chi connectivity index (χ1v) is 6.34. The molecule has 0 radical (unpaired) electrons. The topological polar surface area (TPSA) is 69.3 Å². The molecule has 5 heteroatoms. The van der Waals surface area contributed by atoms with E-state index >= 15 is 0 Å². The number of carbonyl (C=O) groups is 1. The zero-order chi connectivity index (χ0) is 13.4. The fourth-order valence-electron chi connectivity index (χ4n) is 1.77. The van der Waals surface area contributed by atoms with Gasteiger partial charge in [0.15, 0.2) is 0 Å². The van der Waals surface area contributed by atoms with Crippen molar-refractivity contribution in [2.24, 2.45) is 5.73 Å². The van der Waals surface area contributed by atoms with Crippen LogP contribution in [0.4, 0.5) is 0 Å². The van der Waals surface area contributed by atoms with E-state index in [1.807, 2.05) is 23.0 Å². The predicted octanol–water partition coefficient (Wildman–Crippen LogP) is 1.05. The normalized spacial score (nSPS) is 12.4. The van der Waals surface area contributed by atoms with Crippen molar-refractivity contribution >= 4 is 5.91 Å². The number of nitrogens with zero attached hydrogens (tertiary/aromatic N) is 1. The first-order chi connectivity index (χ1) is 8.67. The van der Waals surface area contributed by atoms with Crippen molar-refractivity contribution in [2.75, 3.05) is 20.3 Å². The summed E-state index contributed by atoms with van der Waals surface area (Å²) in [6, 6.07) is 2.04. The highest BCUT2D eigenvalue weighted by molar-refractivity contribution is 5.75. The molecule has 1 aromatic heterocycles. The predicted molar refractivity (Wildman–Crippen MR) is 71.2 cm³/mol. The van der Waals surface area contributed by atoms with Gasteiger partial charge in [-0.05, 0) is 18.1 Å². The molecule has 1 rings (SSSR count). The van der Waals surface area contributed by atoms with Crippen molar-refractivity contribution in [3.63, 3.8) is 0 Å². The summed E-state index contributed by atoms with van der Waals surface area (Å²) >= 11 is 0. The molecule has 1 atom stereocenters. The lowest BCUT2D eigenvalue weighted by Crippen LogP contribution is -2.30. The van der Waals surface area contributed by atoms with E-state index in [4.69, 9.17) is 10.5 Å². The number of rotatable bonds is 8. The molecule has 1 aromatic rings. The molecule has 0 saturated heterocycles. The number of hydrogen-bond acceptors (Lipinski definition) is 3. The zero-order valence-corrected chi connectivity index (χ0v) is 11.2. The van der Waals surface area contributed by atoms with E-state index in [0.29, 0.717) is 19.7 Å². The van der Waals surface area contributed by atoms with Gasteiger partial charge in [-0.2, -0.15) is 0 Å². The molecule has 18 heavy (non-hydrogen) atoms. The first kappa shape index (κ1) is 14.7. The fraction of sp³-hybridized carbons (Fsp3) is 0.615. The fourth-order valence-corrected chi connectivity index (χ4v) is 1.77. The Morgan fingerprint density at radius 3 is 3.06 bits per heavy atom. The third-order valence-electron chi connectivity index (χ3n) is 2.76. The number of nitrogens with two attached hydrogens (primary N) is 1. The minimum absolute atomic E-state index is 0.0155. The second-order valence-corrected chi connectivity index (χ2v) is 4.36. The van der Waals surface area contributed by atoms with Crippen LogP contribution in [0.2, 0.25) is 0 Å². The van der Waals surface area contributed by atoms with Gasteiger partial charge in [0.2, 0.25) is 5.91 Å². The molecule has 1 unspecified atom stereocenters. The van der Waals surface area contributed by atoms with Crippen LogP contribution in [0.1, 0.15) is 31.4 Å². The number of methoxy groups -OCH3 is 1. The van der Waals surface area contributed by atoms with Gasteiger partial charge in [-0.25, -0.2) is 0 Å². The van der Waals surface area contributed by atoms with Crippen LogP contribution >= 0.6 is 0 Å². The molecule has 1 amide bonds. The van der Waals surface area contributed by atoms with E-state index in [2.05, 4.69) is 12.2 Å². The highest BCUT2D eigenvalue weighted by atomic mass is 16.5. The number of aromatic nitrogens is 1. The Kier molecular flexibility index (Phi) is 6.46. The maximum atomic E-state index is 11.6. The number of nitrogens with one attached hydrogen (secondary N) is 1. The number of amides is 1. The molecule has 102 valence electrons. The lowest BCUT2D eigenvalue weighted by atomic mass is 10.1. The molecule has 0 aliphatic heterocycles. The van der Waals surface area contributed by atoms with Crippen LogP contribution in [-0.4, -0.2) is 30.7 Å². The van der Waals surface area contributed by atoms with E-state index in [0.717, 1.165) is 18.4 Å². The molecule has 0 aliphatic carbocycles. The van der Waals surface area contributed by atoms with E-state index in [-0.39, 0.29) is 11.9 Å². The average molecular weight is 253 g/mol. The molecule has 0 saturated carbocycles. The summed E-state index contributed by atoms with van der Waals surface area (Å²) in [6.07, 6.45) is 5.85. The highest BCUT2D eigenvalue weighted by Gasteiger charge is 2.08. The average Bonchev–Trinajstić information content (AvgIpc) is 2.78. The zero-order valence-electron chi connectivity index (χ0n) is 11.2. The highest BCUT2D eigenvalue weighted by Crippen LogP contribution is 2.15. The summed E-state index contributed by atoms with van der Waals surface area (Å²) in [5, 5.41) is 2.78. The van der Waals surface area contributed by atoms with Crippen molar-refractivity contribution in [3.8, 4) is 0 Å². The molecule has 0 spiro atoms. The summed E-state index contributed by atoms with van der Waals surface area (Å²) in [5.74, 6) is -0.0155. The minimum Gasteiger partial charge on any atom is -0.383 e. The molecular weight excluding hydrogens is 230 g/mol. The van der Waals surface area contributed by atoms with Crippen LogP contribution in [0.3, 0.4) is 0 Å². The van der Waals surface area contributed by atoms with Crippen LogP contribution in [0.25, 0.3) is 0 Å². The summed E-state index contributed by atoms with van der Waals surface area (Å²) in [5.41, 5.74) is 7.10. The van der Waals surface area contributed by atoms with Crippen LogP contribution in [-0.2, 0) is 16.1 Å². The number of carbonyl (C=O) groups excluding carboxylic acids is 1. The van der Waals surface area contributed by atoms with Gasteiger partial charge in [0.1, 0.15) is 6.54 Å². The lowest BCUT2D eigenvalue weighted by molar-refractivity contribution is -0.121. The number of hydrogen-bond donors (Lipinski definition) is 2. The largest absolute Gasteiger partial charge is 0.383 e. The Morgan fingerprint density at radius 2 is 2.39 bits per heavy atom. The van der Waals surface area contributed by atoms with Gasteiger partial charge >= 0.3 is 0 Å². The van der Waals surface area contributed by atoms with Crippen LogP contribution < -0.4 is 11.1 Å². The van der Waals surface area contributed by atoms with Crippen molar-refractivity contribution < 1.29 is 9.53 Å². The lowest BCUT2D eigenvalue weighted by Gasteiger charge is -2.08. The molecule has 0 fully saturated rings. The van der Waals surface area contributed by atoms with Gasteiger partial charge in [-0.3, -0.25) is 4.79 Å². The van der Waals surface area contributed by atoms with Gasteiger partial charge < -0.3 is 20.4 Å².